The van der Waals surface area contributed by atoms with Gasteiger partial charge in [0.05, 0.1) is 6.61 Å². The smallest absolute Gasteiger partial charge is 0.407 e. The number of nitrogens with one attached hydrogen (secondary N) is 1. The van der Waals surface area contributed by atoms with Crippen LogP contribution in [-0.2, 0) is 11.3 Å². The predicted octanol–water partition coefficient (Wildman–Crippen LogP) is 0.953. The lowest BCUT2D eigenvalue weighted by Gasteiger charge is -2.32. The fourth-order valence-electron chi connectivity index (χ4n) is 2.28. The Balaban J connectivity index is 1.93. The summed E-state index contributed by atoms with van der Waals surface area (Å²) in [5.41, 5.74) is 5.94. The van der Waals surface area contributed by atoms with E-state index in [4.69, 9.17) is 10.5 Å². The Hall–Kier alpha value is -1.67. The van der Waals surface area contributed by atoms with E-state index in [1.165, 1.54) is 11.3 Å². The summed E-state index contributed by atoms with van der Waals surface area (Å²) in [4.78, 5) is 29.7. The second-order valence-electron chi connectivity index (χ2n) is 4.79. The van der Waals surface area contributed by atoms with Crippen molar-refractivity contribution in [1.29, 1.82) is 0 Å². The second kappa shape index (κ2) is 7.37. The first-order valence-electron chi connectivity index (χ1n) is 7.01. The Kier molecular flexibility index (Phi) is 5.51. The molecule has 116 valence electrons. The van der Waals surface area contributed by atoms with Gasteiger partial charge in [0, 0.05) is 31.1 Å². The van der Waals surface area contributed by atoms with Crippen molar-refractivity contribution in [3.8, 4) is 0 Å². The van der Waals surface area contributed by atoms with Crippen LogP contribution in [0.4, 0.5) is 4.79 Å². The number of carbonyl (C=O) groups is 2. The van der Waals surface area contributed by atoms with Gasteiger partial charge in [-0.25, -0.2) is 9.78 Å². The molecule has 21 heavy (non-hydrogen) atoms. The van der Waals surface area contributed by atoms with Crippen LogP contribution in [0.5, 0.6) is 0 Å². The monoisotopic (exact) mass is 312 g/mol. The molecule has 0 spiro atoms. The van der Waals surface area contributed by atoms with Gasteiger partial charge < -0.3 is 20.7 Å². The van der Waals surface area contributed by atoms with Crippen LogP contribution in [0.3, 0.4) is 0 Å². The van der Waals surface area contributed by atoms with E-state index in [9.17, 15) is 9.59 Å². The minimum Gasteiger partial charge on any atom is -0.450 e. The van der Waals surface area contributed by atoms with Gasteiger partial charge in [-0.2, -0.15) is 0 Å². The molecule has 1 aromatic heterocycles. The highest BCUT2D eigenvalue weighted by atomic mass is 32.1. The molecule has 1 aliphatic heterocycles. The zero-order valence-corrected chi connectivity index (χ0v) is 12.8. The van der Waals surface area contributed by atoms with E-state index < -0.39 is 6.09 Å². The summed E-state index contributed by atoms with van der Waals surface area (Å²) in [6.45, 7) is 3.59. The Morgan fingerprint density at radius 2 is 2.43 bits per heavy atom. The molecule has 1 unspecified atom stereocenters. The number of thiazole rings is 1. The number of carbonyl (C=O) groups excluding carboxylic acids is 2. The van der Waals surface area contributed by atoms with Crippen LogP contribution in [-0.4, -0.2) is 47.6 Å². The molecule has 7 nitrogen and oxygen atoms in total. The topological polar surface area (TPSA) is 97.5 Å². The summed E-state index contributed by atoms with van der Waals surface area (Å²) in [7, 11) is 0. The minimum absolute atomic E-state index is 0.0747. The molecule has 0 saturated carbocycles. The van der Waals surface area contributed by atoms with Crippen LogP contribution in [0.15, 0.2) is 5.38 Å². The maximum Gasteiger partial charge on any atom is 0.407 e. The number of likely N-dealkylation sites (tertiary alicyclic amines) is 1. The molecule has 0 aliphatic carbocycles. The van der Waals surface area contributed by atoms with Crippen molar-refractivity contribution >= 4 is 23.3 Å². The highest BCUT2D eigenvalue weighted by molar-refractivity contribution is 7.09. The van der Waals surface area contributed by atoms with E-state index in [0.717, 1.165) is 17.8 Å². The van der Waals surface area contributed by atoms with Crippen molar-refractivity contribution in [2.75, 3.05) is 19.7 Å². The molecule has 8 heteroatoms. The number of nitrogens with two attached hydrogens (primary N) is 1. The molecule has 0 aromatic carbocycles. The van der Waals surface area contributed by atoms with Crippen molar-refractivity contribution in [1.82, 2.24) is 15.2 Å². The third-order valence-corrected chi connectivity index (χ3v) is 4.12. The first-order valence-corrected chi connectivity index (χ1v) is 7.89. The maximum atomic E-state index is 12.4. The molecule has 0 radical (unpaired) electrons. The number of rotatable bonds is 4. The van der Waals surface area contributed by atoms with Crippen molar-refractivity contribution in [2.45, 2.75) is 32.4 Å². The molecule has 3 N–H and O–H groups in total. The van der Waals surface area contributed by atoms with Crippen LogP contribution >= 0.6 is 11.3 Å². The van der Waals surface area contributed by atoms with Crippen LogP contribution in [0.1, 0.15) is 35.3 Å². The Bertz CT molecular complexity index is 505. The maximum absolute atomic E-state index is 12.4. The van der Waals surface area contributed by atoms with E-state index in [0.29, 0.717) is 31.9 Å². The number of amides is 2. The zero-order chi connectivity index (χ0) is 15.2. The average Bonchev–Trinajstić information content (AvgIpc) is 2.96. The molecule has 1 atom stereocenters. The third kappa shape index (κ3) is 4.15. The van der Waals surface area contributed by atoms with Crippen molar-refractivity contribution in [3.63, 3.8) is 0 Å². The van der Waals surface area contributed by atoms with E-state index in [1.807, 2.05) is 0 Å². The number of ether oxygens (including phenoxy) is 1. The molecule has 1 saturated heterocycles. The van der Waals surface area contributed by atoms with E-state index >= 15 is 0 Å². The summed E-state index contributed by atoms with van der Waals surface area (Å²) < 4.78 is 4.86. The molecule has 2 amide bonds. The fourth-order valence-corrected chi connectivity index (χ4v) is 2.93. The lowest BCUT2D eigenvalue weighted by Crippen LogP contribution is -2.49. The largest absolute Gasteiger partial charge is 0.450 e. The number of nitrogens with zero attached hydrogens (tertiary/aromatic N) is 2. The fraction of sp³-hybridized carbons (Fsp3) is 0.615. The predicted molar refractivity (Wildman–Crippen MR) is 79.1 cm³/mol. The minimum atomic E-state index is -0.434. The third-order valence-electron chi connectivity index (χ3n) is 3.25. The van der Waals surface area contributed by atoms with Crippen molar-refractivity contribution < 1.29 is 14.3 Å². The summed E-state index contributed by atoms with van der Waals surface area (Å²) in [6, 6.07) is -0.0747. The normalized spacial score (nSPS) is 18.4. The number of piperidine rings is 1. The molecule has 1 aliphatic rings. The van der Waals surface area contributed by atoms with Gasteiger partial charge >= 0.3 is 6.09 Å². The van der Waals surface area contributed by atoms with E-state index in [1.54, 1.807) is 17.2 Å². The lowest BCUT2D eigenvalue weighted by molar-refractivity contribution is 0.0681. The molecular weight excluding hydrogens is 292 g/mol. The summed E-state index contributed by atoms with van der Waals surface area (Å²) in [5.74, 6) is -0.110. The summed E-state index contributed by atoms with van der Waals surface area (Å²) in [6.07, 6.45) is 1.25. The van der Waals surface area contributed by atoms with Crippen molar-refractivity contribution in [3.05, 3.63) is 16.1 Å². The van der Waals surface area contributed by atoms with Crippen LogP contribution < -0.4 is 11.1 Å². The van der Waals surface area contributed by atoms with Gasteiger partial charge in [0.15, 0.2) is 0 Å². The highest BCUT2D eigenvalue weighted by Gasteiger charge is 2.26. The highest BCUT2D eigenvalue weighted by Crippen LogP contribution is 2.16. The van der Waals surface area contributed by atoms with Gasteiger partial charge in [-0.05, 0) is 19.8 Å². The number of hydrogen-bond acceptors (Lipinski definition) is 6. The quantitative estimate of drug-likeness (QED) is 0.863. The summed E-state index contributed by atoms with van der Waals surface area (Å²) in [5, 5.41) is 5.26. The van der Waals surface area contributed by atoms with Crippen LogP contribution in [0, 0.1) is 0 Å². The Morgan fingerprint density at radius 3 is 3.10 bits per heavy atom. The lowest BCUT2D eigenvalue weighted by atomic mass is 10.1. The Morgan fingerprint density at radius 1 is 1.62 bits per heavy atom. The SMILES string of the molecule is CCOC(=O)NC1CCCN(C(=O)c2csc(CN)n2)C1. The molecule has 2 rings (SSSR count). The van der Waals surface area contributed by atoms with Crippen LogP contribution in [0.25, 0.3) is 0 Å². The molecule has 0 bridgehead atoms. The van der Waals surface area contributed by atoms with E-state index in [-0.39, 0.29) is 11.9 Å². The molecule has 1 aromatic rings. The van der Waals surface area contributed by atoms with Gasteiger partial charge in [-0.1, -0.05) is 0 Å². The zero-order valence-electron chi connectivity index (χ0n) is 12.0. The number of hydrogen-bond donors (Lipinski definition) is 2. The number of aromatic nitrogens is 1. The first-order chi connectivity index (χ1) is 10.1. The van der Waals surface area contributed by atoms with Gasteiger partial charge in [-0.3, -0.25) is 4.79 Å². The number of alkyl carbamates (subject to hydrolysis) is 1. The molecule has 1 fully saturated rings. The van der Waals surface area contributed by atoms with Gasteiger partial charge in [0.1, 0.15) is 10.7 Å². The first kappa shape index (κ1) is 15.7. The van der Waals surface area contributed by atoms with Crippen molar-refractivity contribution in [2.24, 2.45) is 5.73 Å². The standard InChI is InChI=1S/C13H20N4O3S/c1-2-20-13(19)15-9-4-3-5-17(7-9)12(18)10-8-21-11(6-14)16-10/h8-9H,2-7,14H2,1H3,(H,15,19). The van der Waals surface area contributed by atoms with E-state index in [2.05, 4.69) is 10.3 Å². The summed E-state index contributed by atoms with van der Waals surface area (Å²) >= 11 is 1.39. The van der Waals surface area contributed by atoms with Gasteiger partial charge in [0.2, 0.25) is 0 Å². The van der Waals surface area contributed by atoms with Crippen LogP contribution in [0.2, 0.25) is 0 Å². The molecular formula is C13H20N4O3S. The van der Waals surface area contributed by atoms with Gasteiger partial charge in [-0.15, -0.1) is 11.3 Å². The Labute approximate surface area is 127 Å². The van der Waals surface area contributed by atoms with Gasteiger partial charge in [0.25, 0.3) is 5.91 Å². The molecule has 2 heterocycles. The average molecular weight is 312 g/mol. The second-order valence-corrected chi connectivity index (χ2v) is 5.73.